The highest BCUT2D eigenvalue weighted by molar-refractivity contribution is 7.47. The van der Waals surface area contributed by atoms with Gasteiger partial charge in [0.15, 0.2) is 12.2 Å². The SMILES string of the molecule is CCC(C)CCCCCCCCC(=O)OC[C@H](COP(=O)(O)OC[C@H](O)COP(=O)(O)OC[C@@H](COC(=O)CCCCCCCCCCCCCCCC(C)C)OC(=O)CCCCCCCCCCCCCCCCCC(C)C)OC(=O)CCCCCCCCCCCCCCCC(C)C. The second-order valence-electron chi connectivity index (χ2n) is 30.8. The molecule has 0 aromatic heterocycles. The van der Waals surface area contributed by atoms with Crippen molar-refractivity contribution >= 4 is 39.5 Å². The summed E-state index contributed by atoms with van der Waals surface area (Å²) in [5, 5.41) is 10.6. The molecule has 6 atom stereocenters. The van der Waals surface area contributed by atoms with Crippen LogP contribution in [0, 0.1) is 23.7 Å². The number of rotatable bonds is 78. The van der Waals surface area contributed by atoms with Crippen LogP contribution in [0.25, 0.3) is 0 Å². The number of hydrogen-bond acceptors (Lipinski definition) is 15. The maximum atomic E-state index is 13.1. The fourth-order valence-corrected chi connectivity index (χ4v) is 14.0. The quantitative estimate of drug-likeness (QED) is 0.0222. The molecule has 0 aromatic carbocycles. The maximum absolute atomic E-state index is 13.1. The van der Waals surface area contributed by atoms with Gasteiger partial charge in [-0.05, 0) is 49.4 Å². The van der Waals surface area contributed by atoms with E-state index >= 15 is 0 Å². The van der Waals surface area contributed by atoms with E-state index in [4.69, 9.17) is 37.0 Å². The molecule has 17 nitrogen and oxygen atoms in total. The predicted molar refractivity (Wildman–Crippen MR) is 409 cm³/mol. The van der Waals surface area contributed by atoms with E-state index in [1.165, 1.54) is 212 Å². The van der Waals surface area contributed by atoms with Crippen LogP contribution in [0.3, 0.4) is 0 Å². The lowest BCUT2D eigenvalue weighted by molar-refractivity contribution is -0.161. The number of carbonyl (C=O) groups is 4. The molecule has 3 N–H and O–H groups in total. The summed E-state index contributed by atoms with van der Waals surface area (Å²) in [7, 11) is -9.92. The highest BCUT2D eigenvalue weighted by Gasteiger charge is 2.30. The molecule has 0 aliphatic rings. The van der Waals surface area contributed by atoms with Gasteiger partial charge in [0.25, 0.3) is 0 Å². The van der Waals surface area contributed by atoms with Crippen LogP contribution in [-0.2, 0) is 65.4 Å². The first-order chi connectivity index (χ1) is 48.1. The van der Waals surface area contributed by atoms with Crippen molar-refractivity contribution < 1.29 is 80.2 Å². The van der Waals surface area contributed by atoms with Gasteiger partial charge in [0.1, 0.15) is 19.3 Å². The van der Waals surface area contributed by atoms with Crippen molar-refractivity contribution in [2.24, 2.45) is 23.7 Å². The van der Waals surface area contributed by atoms with Gasteiger partial charge in [0.2, 0.25) is 0 Å². The molecule has 0 saturated carbocycles. The molecule has 0 heterocycles. The molecule has 3 unspecified atom stereocenters. The fraction of sp³-hybridized carbons (Fsp3) is 0.951. The van der Waals surface area contributed by atoms with E-state index < -0.39 is 97.5 Å². The lowest BCUT2D eigenvalue weighted by Gasteiger charge is -2.21. The Morgan fingerprint density at radius 3 is 0.710 bits per heavy atom. The number of esters is 4. The van der Waals surface area contributed by atoms with Crippen LogP contribution >= 0.6 is 15.6 Å². The number of ether oxygens (including phenoxy) is 4. The topological polar surface area (TPSA) is 237 Å². The van der Waals surface area contributed by atoms with Gasteiger partial charge in [-0.25, -0.2) is 9.13 Å². The van der Waals surface area contributed by atoms with E-state index in [-0.39, 0.29) is 25.7 Å². The Morgan fingerprint density at radius 1 is 0.280 bits per heavy atom. The first-order valence-corrected chi connectivity index (χ1v) is 44.7. The molecule has 0 fully saturated rings. The molecular formula is C81H158O17P2. The van der Waals surface area contributed by atoms with Gasteiger partial charge in [-0.3, -0.25) is 37.3 Å². The zero-order chi connectivity index (χ0) is 73.8. The average Bonchev–Trinajstić information content (AvgIpc) is 0.945. The van der Waals surface area contributed by atoms with E-state index in [1.54, 1.807) is 0 Å². The van der Waals surface area contributed by atoms with Crippen molar-refractivity contribution in [2.45, 2.75) is 433 Å². The third kappa shape index (κ3) is 73.0. The number of phosphoric acid groups is 2. The summed E-state index contributed by atoms with van der Waals surface area (Å²) < 4.78 is 68.7. The molecule has 0 amide bonds. The van der Waals surface area contributed by atoms with E-state index in [1.807, 2.05) is 0 Å². The van der Waals surface area contributed by atoms with Crippen molar-refractivity contribution in [1.82, 2.24) is 0 Å². The molecule has 0 spiro atoms. The van der Waals surface area contributed by atoms with E-state index in [9.17, 15) is 43.2 Å². The highest BCUT2D eigenvalue weighted by Crippen LogP contribution is 2.45. The molecule has 0 aromatic rings. The molecule has 0 radical (unpaired) electrons. The van der Waals surface area contributed by atoms with Gasteiger partial charge in [0, 0.05) is 25.7 Å². The molecule has 0 saturated heterocycles. The summed E-state index contributed by atoms with van der Waals surface area (Å²) in [5.41, 5.74) is 0. The van der Waals surface area contributed by atoms with Crippen molar-refractivity contribution in [2.75, 3.05) is 39.6 Å². The monoisotopic (exact) mass is 1470 g/mol. The molecular weight excluding hydrogens is 1310 g/mol. The summed E-state index contributed by atoms with van der Waals surface area (Å²) in [5.74, 6) is 0.997. The van der Waals surface area contributed by atoms with Gasteiger partial charge < -0.3 is 33.8 Å². The summed E-state index contributed by atoms with van der Waals surface area (Å²) >= 11 is 0. The normalized spacial score (nSPS) is 14.3. The van der Waals surface area contributed by atoms with Crippen LogP contribution in [0.1, 0.15) is 415 Å². The Balaban J connectivity index is 5.25. The zero-order valence-electron chi connectivity index (χ0n) is 65.8. The molecule has 0 aliphatic heterocycles. The summed E-state index contributed by atoms with van der Waals surface area (Å²) in [6.07, 6.45) is 56.9. The van der Waals surface area contributed by atoms with Gasteiger partial charge >= 0.3 is 39.5 Å². The predicted octanol–water partition coefficient (Wildman–Crippen LogP) is 24.0. The zero-order valence-corrected chi connectivity index (χ0v) is 67.6. The minimum absolute atomic E-state index is 0.106. The minimum atomic E-state index is -4.96. The van der Waals surface area contributed by atoms with Crippen LogP contribution < -0.4 is 0 Å². The molecule has 0 bridgehead atoms. The second-order valence-corrected chi connectivity index (χ2v) is 33.7. The summed E-state index contributed by atoms with van der Waals surface area (Å²) in [6.45, 7) is 14.3. The second kappa shape index (κ2) is 70.1. The van der Waals surface area contributed by atoms with Crippen LogP contribution in [0.15, 0.2) is 0 Å². The Kier molecular flexibility index (Phi) is 68.7. The van der Waals surface area contributed by atoms with Crippen molar-refractivity contribution in [3.63, 3.8) is 0 Å². The summed E-state index contributed by atoms with van der Waals surface area (Å²) in [6, 6.07) is 0. The van der Waals surface area contributed by atoms with Gasteiger partial charge in [0.05, 0.1) is 26.4 Å². The van der Waals surface area contributed by atoms with E-state index in [0.717, 1.165) is 120 Å². The van der Waals surface area contributed by atoms with Crippen LogP contribution in [0.4, 0.5) is 0 Å². The first-order valence-electron chi connectivity index (χ1n) is 41.7. The van der Waals surface area contributed by atoms with Gasteiger partial charge in [-0.1, -0.05) is 364 Å². The Labute approximate surface area is 613 Å². The number of aliphatic hydroxyl groups is 1. The van der Waals surface area contributed by atoms with Crippen molar-refractivity contribution in [3.8, 4) is 0 Å². The Hall–Kier alpha value is -1.94. The highest BCUT2D eigenvalue weighted by atomic mass is 31.2. The summed E-state index contributed by atoms with van der Waals surface area (Å²) in [4.78, 5) is 73.0. The minimum Gasteiger partial charge on any atom is -0.462 e. The van der Waals surface area contributed by atoms with E-state index in [2.05, 4.69) is 55.4 Å². The third-order valence-electron chi connectivity index (χ3n) is 19.2. The van der Waals surface area contributed by atoms with E-state index in [0.29, 0.717) is 25.7 Å². The first kappa shape index (κ1) is 98.1. The molecule has 19 heteroatoms. The number of hydrogen-bond donors (Lipinski definition) is 3. The van der Waals surface area contributed by atoms with Crippen LogP contribution in [0.2, 0.25) is 0 Å². The smallest absolute Gasteiger partial charge is 0.462 e. The lowest BCUT2D eigenvalue weighted by atomic mass is 10.00. The number of carbonyl (C=O) groups excluding carboxylic acids is 4. The molecule has 0 aliphatic carbocycles. The van der Waals surface area contributed by atoms with Crippen LogP contribution in [0.5, 0.6) is 0 Å². The lowest BCUT2D eigenvalue weighted by Crippen LogP contribution is -2.30. The van der Waals surface area contributed by atoms with Crippen molar-refractivity contribution in [1.29, 1.82) is 0 Å². The fourth-order valence-electron chi connectivity index (χ4n) is 12.4. The third-order valence-corrected chi connectivity index (χ3v) is 21.1. The van der Waals surface area contributed by atoms with Crippen molar-refractivity contribution in [3.05, 3.63) is 0 Å². The Bertz CT molecular complexity index is 1960. The number of aliphatic hydroxyl groups excluding tert-OH is 1. The standard InChI is InChI=1S/C81H158O17P2/c1-9-74(8)60-52-44-39-40-46-54-62-79(84)92-68-77(98-81(86)64-56-48-38-32-26-20-14-17-23-29-35-43-51-59-73(6)7)70-96-100(89,90)94-66-75(82)65-93-99(87,88)95-69-76(67-91-78(83)61-53-45-36-30-24-19-13-16-22-28-34-42-50-58-72(4)5)97-80(85)63-55-47-37-31-25-18-12-10-11-15-21-27-33-41-49-57-71(2)3/h71-77,82H,9-70H2,1-8H3,(H,87,88)(H,89,90)/t74?,75-,76-,77-/m1/s1. The van der Waals surface area contributed by atoms with Gasteiger partial charge in [-0.2, -0.15) is 0 Å². The van der Waals surface area contributed by atoms with Crippen LogP contribution in [-0.4, -0.2) is 96.7 Å². The molecule has 0 rings (SSSR count). The molecule has 594 valence electrons. The largest absolute Gasteiger partial charge is 0.472 e. The Morgan fingerprint density at radius 2 is 0.480 bits per heavy atom. The number of unbranched alkanes of at least 4 members (excludes halogenated alkanes) is 43. The number of phosphoric ester groups is 2. The maximum Gasteiger partial charge on any atom is 0.472 e. The molecule has 100 heavy (non-hydrogen) atoms. The average molecular weight is 1470 g/mol. The van der Waals surface area contributed by atoms with Gasteiger partial charge in [-0.15, -0.1) is 0 Å².